The van der Waals surface area contributed by atoms with E-state index in [9.17, 15) is 9.59 Å². The number of nitrogens with one attached hydrogen (secondary N) is 1. The number of thioether (sulfide) groups is 1. The number of hydrogen-bond donors (Lipinski definition) is 1. The van der Waals surface area contributed by atoms with Crippen molar-refractivity contribution in [3.05, 3.63) is 61.2 Å². The molecule has 1 atom stereocenters. The van der Waals surface area contributed by atoms with E-state index in [0.29, 0.717) is 27.3 Å². The van der Waals surface area contributed by atoms with Crippen LogP contribution in [0.5, 0.6) is 0 Å². The van der Waals surface area contributed by atoms with E-state index in [0.717, 1.165) is 41.0 Å². The molecule has 6 nitrogen and oxygen atoms in total. The third-order valence-corrected chi connectivity index (χ3v) is 8.37. The second-order valence-corrected chi connectivity index (χ2v) is 10.7. The van der Waals surface area contributed by atoms with Gasteiger partial charge in [-0.2, -0.15) is 0 Å². The Morgan fingerprint density at radius 2 is 1.90 bits per heavy atom. The van der Waals surface area contributed by atoms with Crippen LogP contribution in [-0.4, -0.2) is 19.5 Å². The van der Waals surface area contributed by atoms with Gasteiger partial charge in [-0.25, -0.2) is 9.97 Å². The van der Waals surface area contributed by atoms with Gasteiger partial charge in [-0.3, -0.25) is 14.2 Å². The summed E-state index contributed by atoms with van der Waals surface area (Å²) in [5.74, 6) is 0.615. The van der Waals surface area contributed by atoms with E-state index >= 15 is 0 Å². The molecule has 160 valence electrons. The highest BCUT2D eigenvalue weighted by molar-refractivity contribution is 7.99. The number of para-hydroxylation sites is 1. The molecule has 4 aromatic rings. The van der Waals surface area contributed by atoms with Crippen molar-refractivity contribution in [2.24, 2.45) is 0 Å². The van der Waals surface area contributed by atoms with Gasteiger partial charge in [0, 0.05) is 10.9 Å². The summed E-state index contributed by atoms with van der Waals surface area (Å²) in [6, 6.07) is 7.70. The number of aromatic nitrogens is 4. The van der Waals surface area contributed by atoms with E-state index in [1.54, 1.807) is 11.3 Å². The fraction of sp³-hybridized carbons (Fsp3) is 0.391. The third-order valence-electron chi connectivity index (χ3n) is 6.19. The largest absolute Gasteiger partial charge is 0.309 e. The number of nitrogens with zero attached hydrogens (tertiary/aromatic N) is 3. The fourth-order valence-corrected chi connectivity index (χ4v) is 6.44. The topological polar surface area (TPSA) is 80.6 Å². The molecule has 0 bridgehead atoms. The second kappa shape index (κ2) is 7.91. The van der Waals surface area contributed by atoms with Crippen molar-refractivity contribution in [2.45, 2.75) is 62.9 Å². The zero-order chi connectivity index (χ0) is 21.7. The minimum absolute atomic E-state index is 0.0219. The van der Waals surface area contributed by atoms with E-state index < -0.39 is 0 Å². The molecule has 1 N–H and O–H groups in total. The molecule has 1 aromatic carbocycles. The minimum Gasteiger partial charge on any atom is -0.309 e. The van der Waals surface area contributed by atoms with Crippen LogP contribution in [-0.2, 0) is 0 Å². The molecule has 0 amide bonds. The molecule has 1 aliphatic carbocycles. The van der Waals surface area contributed by atoms with Crippen molar-refractivity contribution in [1.29, 1.82) is 0 Å². The van der Waals surface area contributed by atoms with Crippen molar-refractivity contribution in [3.63, 3.8) is 0 Å². The normalized spacial score (nSPS) is 15.8. The van der Waals surface area contributed by atoms with Gasteiger partial charge in [0.2, 0.25) is 0 Å². The van der Waals surface area contributed by atoms with Crippen LogP contribution in [0.25, 0.3) is 21.1 Å². The average molecular weight is 453 g/mol. The highest BCUT2D eigenvalue weighted by Crippen LogP contribution is 2.37. The molecule has 5 rings (SSSR count). The molecule has 3 aromatic heterocycles. The average Bonchev–Trinajstić information content (AvgIpc) is 3.37. The number of thiophene rings is 1. The molecule has 3 heterocycles. The standard InChI is InChI=1S/C23H24N4O2S2/c1-12-13(2)30-21-18(12)20(28)25-19(26-21)14(3)31-23-24-17-11-7-6-10-16(17)22(29)27(23)15-8-4-5-9-15/h6-7,10-11,14-15H,4-5,8-9H2,1-3H3,(H,25,26,28). The first-order valence-corrected chi connectivity index (χ1v) is 12.3. The highest BCUT2D eigenvalue weighted by Gasteiger charge is 2.25. The Labute approximate surface area is 187 Å². The van der Waals surface area contributed by atoms with Gasteiger partial charge in [-0.1, -0.05) is 36.7 Å². The van der Waals surface area contributed by atoms with E-state index in [1.807, 2.05) is 49.6 Å². The van der Waals surface area contributed by atoms with Crippen LogP contribution in [0, 0.1) is 13.8 Å². The lowest BCUT2D eigenvalue weighted by molar-refractivity contribution is 0.457. The molecule has 0 saturated heterocycles. The van der Waals surface area contributed by atoms with Gasteiger partial charge in [-0.15, -0.1) is 11.3 Å². The van der Waals surface area contributed by atoms with Crippen LogP contribution in [0.1, 0.15) is 60.2 Å². The Morgan fingerprint density at radius 3 is 2.68 bits per heavy atom. The molecule has 0 radical (unpaired) electrons. The number of H-pyrrole nitrogens is 1. The zero-order valence-corrected chi connectivity index (χ0v) is 19.4. The first-order valence-electron chi connectivity index (χ1n) is 10.6. The number of aryl methyl sites for hydroxylation is 2. The van der Waals surface area contributed by atoms with E-state index in [1.165, 1.54) is 11.8 Å². The molecule has 0 aliphatic heterocycles. The Bertz CT molecular complexity index is 1410. The van der Waals surface area contributed by atoms with Crippen molar-refractivity contribution < 1.29 is 0 Å². The van der Waals surface area contributed by atoms with E-state index in [-0.39, 0.29) is 22.4 Å². The number of hydrogen-bond acceptors (Lipinski definition) is 6. The summed E-state index contributed by atoms with van der Waals surface area (Å²) in [5.41, 5.74) is 1.62. The monoisotopic (exact) mass is 452 g/mol. The van der Waals surface area contributed by atoms with Crippen LogP contribution >= 0.6 is 23.1 Å². The molecule has 0 spiro atoms. The van der Waals surface area contributed by atoms with Gasteiger partial charge in [0.05, 0.1) is 21.5 Å². The summed E-state index contributed by atoms with van der Waals surface area (Å²) in [7, 11) is 0. The first kappa shape index (κ1) is 20.5. The predicted octanol–water partition coefficient (Wildman–Crippen LogP) is 5.28. The highest BCUT2D eigenvalue weighted by atomic mass is 32.2. The maximum absolute atomic E-state index is 13.4. The van der Waals surface area contributed by atoms with Gasteiger partial charge in [0.25, 0.3) is 11.1 Å². The first-order chi connectivity index (χ1) is 14.9. The minimum atomic E-state index is -0.152. The molecule has 1 fully saturated rings. The Morgan fingerprint density at radius 1 is 1.16 bits per heavy atom. The predicted molar refractivity (Wildman–Crippen MR) is 127 cm³/mol. The van der Waals surface area contributed by atoms with Crippen LogP contribution in [0.4, 0.5) is 0 Å². The maximum Gasteiger partial charge on any atom is 0.262 e. The number of fused-ring (bicyclic) bond motifs is 2. The Kier molecular flexibility index (Phi) is 5.22. The summed E-state index contributed by atoms with van der Waals surface area (Å²) in [4.78, 5) is 40.5. The zero-order valence-electron chi connectivity index (χ0n) is 17.8. The van der Waals surface area contributed by atoms with E-state index in [4.69, 9.17) is 9.97 Å². The van der Waals surface area contributed by atoms with Crippen molar-refractivity contribution >= 4 is 44.2 Å². The lowest BCUT2D eigenvalue weighted by Gasteiger charge is -2.20. The van der Waals surface area contributed by atoms with Gasteiger partial charge >= 0.3 is 0 Å². The second-order valence-electron chi connectivity index (χ2n) is 8.20. The Balaban J connectivity index is 1.60. The maximum atomic E-state index is 13.4. The molecular formula is C23H24N4O2S2. The van der Waals surface area contributed by atoms with Gasteiger partial charge in [0.1, 0.15) is 10.7 Å². The van der Waals surface area contributed by atoms with Crippen LogP contribution in [0.2, 0.25) is 0 Å². The molecular weight excluding hydrogens is 428 g/mol. The summed E-state index contributed by atoms with van der Waals surface area (Å²) < 4.78 is 1.88. The van der Waals surface area contributed by atoms with Crippen molar-refractivity contribution in [2.75, 3.05) is 0 Å². The Hall–Kier alpha value is -2.45. The van der Waals surface area contributed by atoms with Crippen LogP contribution < -0.4 is 11.1 Å². The lowest BCUT2D eigenvalue weighted by Crippen LogP contribution is -2.26. The number of aromatic amines is 1. The summed E-state index contributed by atoms with van der Waals surface area (Å²) in [5, 5.41) is 1.88. The SMILES string of the molecule is Cc1sc2nc(C(C)Sc3nc4ccccc4c(=O)n3C3CCCC3)[nH]c(=O)c2c1C. The summed E-state index contributed by atoms with van der Waals surface area (Å²) in [6.45, 7) is 5.98. The summed E-state index contributed by atoms with van der Waals surface area (Å²) >= 11 is 3.04. The molecule has 1 unspecified atom stereocenters. The molecule has 1 saturated carbocycles. The van der Waals surface area contributed by atoms with E-state index in [2.05, 4.69) is 4.98 Å². The smallest absolute Gasteiger partial charge is 0.262 e. The molecule has 1 aliphatic rings. The van der Waals surface area contributed by atoms with Gasteiger partial charge < -0.3 is 4.98 Å². The van der Waals surface area contributed by atoms with Crippen molar-refractivity contribution in [3.8, 4) is 0 Å². The van der Waals surface area contributed by atoms with Crippen LogP contribution in [0.3, 0.4) is 0 Å². The van der Waals surface area contributed by atoms with Gasteiger partial charge in [0.15, 0.2) is 5.16 Å². The molecule has 8 heteroatoms. The lowest BCUT2D eigenvalue weighted by atomic mass is 10.2. The van der Waals surface area contributed by atoms with Crippen LogP contribution in [0.15, 0.2) is 39.0 Å². The quantitative estimate of drug-likeness (QED) is 0.337. The van der Waals surface area contributed by atoms with Crippen molar-refractivity contribution in [1.82, 2.24) is 19.5 Å². The summed E-state index contributed by atoms with van der Waals surface area (Å²) in [6.07, 6.45) is 4.26. The van der Waals surface area contributed by atoms with Gasteiger partial charge in [-0.05, 0) is 51.3 Å². The number of rotatable bonds is 4. The molecule has 31 heavy (non-hydrogen) atoms. The fourth-order valence-electron chi connectivity index (χ4n) is 4.37. The third kappa shape index (κ3) is 3.51. The number of benzene rings is 1.